The molecule has 132 valence electrons. The third-order valence-electron chi connectivity index (χ3n) is 3.66. The van der Waals surface area contributed by atoms with Gasteiger partial charge in [0.2, 0.25) is 0 Å². The van der Waals surface area contributed by atoms with Crippen molar-refractivity contribution in [3.8, 4) is 17.2 Å². The van der Waals surface area contributed by atoms with E-state index < -0.39 is 24.1 Å². The molecule has 26 heavy (non-hydrogen) atoms. The molecule has 1 atom stereocenters. The zero-order valence-corrected chi connectivity index (χ0v) is 13.8. The number of aromatic hydroxyl groups is 1. The van der Waals surface area contributed by atoms with Crippen LogP contribution in [0.15, 0.2) is 48.5 Å². The van der Waals surface area contributed by atoms with E-state index in [-0.39, 0.29) is 5.69 Å². The molecule has 7 heteroatoms. The molecular formula is C19H16N2O5. The summed E-state index contributed by atoms with van der Waals surface area (Å²) in [4.78, 5) is 26.9. The number of aromatic nitrogens is 1. The van der Waals surface area contributed by atoms with Crippen LogP contribution >= 0.6 is 0 Å². The summed E-state index contributed by atoms with van der Waals surface area (Å²) in [5, 5.41) is 22.0. The fourth-order valence-corrected chi connectivity index (χ4v) is 2.48. The van der Waals surface area contributed by atoms with Gasteiger partial charge in [-0.2, -0.15) is 0 Å². The summed E-state index contributed by atoms with van der Waals surface area (Å²) in [6.45, 7) is -0.198. The van der Waals surface area contributed by atoms with Crippen LogP contribution in [-0.2, 0) is 4.79 Å². The summed E-state index contributed by atoms with van der Waals surface area (Å²) < 4.78 is 13.0. The maximum Gasteiger partial charge on any atom is 0.322 e. The normalized spacial score (nSPS) is 12.3. The van der Waals surface area contributed by atoms with Gasteiger partial charge in [0, 0.05) is 16.5 Å². The number of rotatable bonds is 5. The van der Waals surface area contributed by atoms with Crippen molar-refractivity contribution in [2.75, 3.05) is 6.52 Å². The molecule has 0 fully saturated rings. The topological polar surface area (TPSA) is 109 Å². The summed E-state index contributed by atoms with van der Waals surface area (Å²) in [7, 11) is 0. The van der Waals surface area contributed by atoms with Crippen LogP contribution in [0.3, 0.4) is 0 Å². The van der Waals surface area contributed by atoms with Crippen LogP contribution in [0.4, 0.5) is 0 Å². The number of benzene rings is 2. The van der Waals surface area contributed by atoms with Gasteiger partial charge in [-0.25, -0.2) is 4.98 Å². The number of carbonyl (C=O) groups excluding carboxylic acids is 1. The van der Waals surface area contributed by atoms with Gasteiger partial charge >= 0.3 is 5.97 Å². The fraction of sp³-hybridized carbons (Fsp3) is 0.105. The number of carboxylic acid groups (broad SMARTS) is 1. The fourth-order valence-electron chi connectivity index (χ4n) is 2.48. The first kappa shape index (κ1) is 15.9. The molecule has 3 aromatic rings. The Morgan fingerprint density at radius 2 is 1.88 bits per heavy atom. The number of hydrogen-bond acceptors (Lipinski definition) is 5. The number of amides is 1. The number of carbonyl (C=O) groups is 2. The second kappa shape index (κ2) is 7.10. The van der Waals surface area contributed by atoms with Crippen LogP contribution < -0.4 is 10.1 Å². The van der Waals surface area contributed by atoms with Gasteiger partial charge in [0.25, 0.3) is 5.91 Å². The lowest BCUT2D eigenvalue weighted by Crippen LogP contribution is -2.30. The molecule has 3 rings (SSSR count). The number of nitrogens with one attached hydrogen (secondary N) is 1. The molecule has 0 bridgehead atoms. The van der Waals surface area contributed by atoms with Crippen molar-refractivity contribution >= 4 is 22.6 Å². The quantitative estimate of drug-likeness (QED) is 0.651. The van der Waals surface area contributed by atoms with E-state index in [4.69, 9.17) is 11.2 Å². The predicted molar refractivity (Wildman–Crippen MR) is 94.6 cm³/mol. The third-order valence-corrected chi connectivity index (χ3v) is 3.66. The second-order valence-corrected chi connectivity index (χ2v) is 5.47. The maximum atomic E-state index is 12.1. The molecule has 0 aliphatic heterocycles. The number of carboxylic acids is 1. The van der Waals surface area contributed by atoms with Gasteiger partial charge in [-0.1, -0.05) is 18.2 Å². The van der Waals surface area contributed by atoms with Crippen molar-refractivity contribution in [1.82, 2.24) is 10.3 Å². The van der Waals surface area contributed by atoms with Crippen molar-refractivity contribution in [2.24, 2.45) is 0 Å². The van der Waals surface area contributed by atoms with Crippen LogP contribution in [0.1, 0.15) is 17.6 Å². The Bertz CT molecular complexity index is 1020. The van der Waals surface area contributed by atoms with Gasteiger partial charge in [-0.3, -0.25) is 9.59 Å². The van der Waals surface area contributed by atoms with E-state index in [1.807, 2.05) is 23.5 Å². The van der Waals surface area contributed by atoms with E-state index in [1.54, 1.807) is 37.3 Å². The molecule has 0 radical (unpaired) electrons. The van der Waals surface area contributed by atoms with Crippen molar-refractivity contribution in [2.45, 2.75) is 6.92 Å². The average Bonchev–Trinajstić information content (AvgIpc) is 2.65. The molecule has 1 amide bonds. The molecule has 3 N–H and O–H groups in total. The molecule has 0 aliphatic rings. The highest BCUT2D eigenvalue weighted by Gasteiger charge is 2.18. The van der Waals surface area contributed by atoms with E-state index in [1.165, 1.54) is 0 Å². The lowest BCUT2D eigenvalue weighted by Gasteiger charge is -2.12. The molecule has 0 saturated heterocycles. The Hall–Kier alpha value is -3.61. The molecule has 1 unspecified atom stereocenters. The Morgan fingerprint density at radius 3 is 2.58 bits per heavy atom. The molecule has 1 heterocycles. The van der Waals surface area contributed by atoms with Gasteiger partial charge in [-0.05, 0) is 37.3 Å². The average molecular weight is 353 g/mol. The summed E-state index contributed by atoms with van der Waals surface area (Å²) in [6, 6.07) is 14.1. The number of aryl methyl sites for hydroxylation is 1. The summed E-state index contributed by atoms with van der Waals surface area (Å²) in [5.74, 6) is -1.66. The van der Waals surface area contributed by atoms with Crippen LogP contribution in [0.2, 0.25) is 0 Å². The number of nitrogens with zero attached hydrogens (tertiary/aromatic N) is 1. The molecule has 2 aromatic carbocycles. The van der Waals surface area contributed by atoms with E-state index >= 15 is 0 Å². The molecule has 0 spiro atoms. The third kappa shape index (κ3) is 3.56. The largest absolute Gasteiger partial charge is 0.505 e. The number of para-hydroxylation sites is 1. The first-order chi connectivity index (χ1) is 12.9. The van der Waals surface area contributed by atoms with Gasteiger partial charge in [0.15, 0.2) is 11.4 Å². The maximum absolute atomic E-state index is 12.1. The standard InChI is InChI=1S/C19H16N2O5/c1-11-15-9-13(26-12-5-3-2-4-6-12)7-8-14(15)18(24)17(21-11)19(25)20-10-16(22)23/h2-9,24H,10H2,1H3,(H,20,25)(H,22,23)/i10D. The SMILES string of the molecule is [2H]C(NC(=O)c1nc(C)c2cc(Oc3ccccc3)ccc2c1O)C(=O)O. The molecule has 0 aliphatic carbocycles. The Labute approximate surface area is 150 Å². The zero-order chi connectivity index (χ0) is 19.6. The highest BCUT2D eigenvalue weighted by Crippen LogP contribution is 2.33. The number of fused-ring (bicyclic) bond motifs is 1. The monoisotopic (exact) mass is 353 g/mol. The van der Waals surface area contributed by atoms with E-state index in [9.17, 15) is 14.7 Å². The molecular weight excluding hydrogens is 336 g/mol. The lowest BCUT2D eigenvalue weighted by atomic mass is 10.1. The first-order valence-corrected chi connectivity index (χ1v) is 7.69. The number of hydrogen-bond donors (Lipinski definition) is 3. The molecule has 1 aromatic heterocycles. The van der Waals surface area contributed by atoms with E-state index in [0.29, 0.717) is 28.0 Å². The minimum atomic E-state index is -1.85. The smallest absolute Gasteiger partial charge is 0.322 e. The highest BCUT2D eigenvalue weighted by atomic mass is 16.5. The second-order valence-electron chi connectivity index (χ2n) is 5.47. The number of aliphatic carboxylic acids is 1. The Morgan fingerprint density at radius 1 is 1.15 bits per heavy atom. The van der Waals surface area contributed by atoms with Gasteiger partial charge in [0.1, 0.15) is 18.0 Å². The van der Waals surface area contributed by atoms with Crippen molar-refractivity contribution in [1.29, 1.82) is 0 Å². The van der Waals surface area contributed by atoms with Crippen molar-refractivity contribution in [3.05, 3.63) is 59.9 Å². The van der Waals surface area contributed by atoms with E-state index in [2.05, 4.69) is 4.98 Å². The van der Waals surface area contributed by atoms with Crippen molar-refractivity contribution < 1.29 is 25.9 Å². The summed E-state index contributed by atoms with van der Waals surface area (Å²) in [6.07, 6.45) is 0. The first-order valence-electron chi connectivity index (χ1n) is 8.26. The Balaban J connectivity index is 1.96. The van der Waals surface area contributed by atoms with Gasteiger partial charge < -0.3 is 20.3 Å². The van der Waals surface area contributed by atoms with Gasteiger partial charge in [0.05, 0.1) is 1.37 Å². The van der Waals surface area contributed by atoms with Crippen LogP contribution in [-0.4, -0.2) is 33.6 Å². The number of pyridine rings is 1. The lowest BCUT2D eigenvalue weighted by molar-refractivity contribution is -0.135. The predicted octanol–water partition coefficient (Wildman–Crippen LogP) is 2.86. The zero-order valence-electron chi connectivity index (χ0n) is 14.8. The highest BCUT2D eigenvalue weighted by molar-refractivity contribution is 6.03. The Kier molecular flexibility index (Phi) is 4.34. The minimum absolute atomic E-state index is 0.338. The molecule has 7 nitrogen and oxygen atoms in total. The van der Waals surface area contributed by atoms with Gasteiger partial charge in [-0.15, -0.1) is 0 Å². The van der Waals surface area contributed by atoms with Crippen LogP contribution in [0.5, 0.6) is 17.2 Å². The summed E-state index contributed by atoms with van der Waals surface area (Å²) in [5.41, 5.74) is 0.110. The minimum Gasteiger partial charge on any atom is -0.505 e. The number of ether oxygens (including phenoxy) is 1. The van der Waals surface area contributed by atoms with Crippen molar-refractivity contribution in [3.63, 3.8) is 0 Å². The van der Waals surface area contributed by atoms with E-state index in [0.717, 1.165) is 0 Å². The van der Waals surface area contributed by atoms with Crippen LogP contribution in [0, 0.1) is 6.92 Å². The summed E-state index contributed by atoms with van der Waals surface area (Å²) >= 11 is 0. The molecule has 0 saturated carbocycles. The van der Waals surface area contributed by atoms with Crippen LogP contribution in [0.25, 0.3) is 10.8 Å².